The largest absolute Gasteiger partial charge is 0.393 e. The molecule has 1 rings (SSSR count). The van der Waals surface area contributed by atoms with E-state index in [-0.39, 0.29) is 12.2 Å². The Bertz CT molecular complexity index is 429. The second kappa shape index (κ2) is 5.72. The fraction of sp³-hybridized carbons (Fsp3) is 0.455. The van der Waals surface area contributed by atoms with E-state index >= 15 is 0 Å². The Labute approximate surface area is 103 Å². The number of hydrogen-bond donors (Lipinski definition) is 1. The average Bonchev–Trinajstić information content (AvgIpc) is 2.25. The summed E-state index contributed by atoms with van der Waals surface area (Å²) in [6, 6.07) is 1.36. The van der Waals surface area contributed by atoms with Crippen LogP contribution in [0.15, 0.2) is 12.1 Å². The molecule has 18 heavy (non-hydrogen) atoms. The maximum absolute atomic E-state index is 13.6. The van der Waals surface area contributed by atoms with Crippen LogP contribution in [0.1, 0.15) is 13.3 Å². The topological polar surface area (TPSA) is 66.6 Å². The number of nitro groups is 1. The maximum atomic E-state index is 13.6. The van der Waals surface area contributed by atoms with Gasteiger partial charge in [-0.2, -0.15) is 0 Å². The van der Waals surface area contributed by atoms with Gasteiger partial charge < -0.3 is 10.0 Å². The van der Waals surface area contributed by atoms with Crippen molar-refractivity contribution in [3.63, 3.8) is 0 Å². The number of nitro benzene ring substituents is 1. The highest BCUT2D eigenvalue weighted by Gasteiger charge is 2.19. The molecule has 0 spiro atoms. The Kier molecular flexibility index (Phi) is 4.55. The summed E-state index contributed by atoms with van der Waals surface area (Å²) in [6.45, 7) is 1.81. The molecule has 0 saturated heterocycles. The van der Waals surface area contributed by atoms with Gasteiger partial charge in [-0.25, -0.2) is 8.78 Å². The number of benzene rings is 1. The van der Waals surface area contributed by atoms with Crippen molar-refractivity contribution in [2.45, 2.75) is 19.4 Å². The van der Waals surface area contributed by atoms with Crippen LogP contribution in [0.2, 0.25) is 0 Å². The predicted octanol–water partition coefficient (Wildman–Crippen LogP) is 2.08. The third-order valence-electron chi connectivity index (χ3n) is 2.48. The first-order chi connectivity index (χ1) is 8.32. The van der Waals surface area contributed by atoms with E-state index in [1.165, 1.54) is 11.9 Å². The van der Waals surface area contributed by atoms with E-state index in [0.717, 1.165) is 0 Å². The van der Waals surface area contributed by atoms with Crippen molar-refractivity contribution in [1.82, 2.24) is 0 Å². The molecule has 0 saturated carbocycles. The van der Waals surface area contributed by atoms with Crippen molar-refractivity contribution < 1.29 is 18.8 Å². The van der Waals surface area contributed by atoms with Gasteiger partial charge in [0.2, 0.25) is 0 Å². The van der Waals surface area contributed by atoms with Crippen LogP contribution in [-0.2, 0) is 0 Å². The summed E-state index contributed by atoms with van der Waals surface area (Å²) in [5.74, 6) is -1.98. The van der Waals surface area contributed by atoms with Crippen LogP contribution in [0.4, 0.5) is 20.2 Å². The summed E-state index contributed by atoms with van der Waals surface area (Å²) in [5.41, 5.74) is -0.959. The van der Waals surface area contributed by atoms with Crippen LogP contribution >= 0.6 is 0 Å². The zero-order chi connectivity index (χ0) is 13.9. The van der Waals surface area contributed by atoms with Gasteiger partial charge in [-0.3, -0.25) is 10.1 Å². The molecule has 100 valence electrons. The summed E-state index contributed by atoms with van der Waals surface area (Å²) < 4.78 is 27.2. The first-order valence-electron chi connectivity index (χ1n) is 5.35. The standard InChI is InChI=1S/C11H14F2N2O3/c1-7(16)3-4-14(2)11-9(12)5-8(15(17)18)6-10(11)13/h5-7,16H,3-4H2,1-2H3. The lowest BCUT2D eigenvalue weighted by molar-refractivity contribution is -0.385. The second-order valence-corrected chi connectivity index (χ2v) is 4.07. The van der Waals surface area contributed by atoms with Gasteiger partial charge in [0.1, 0.15) is 5.69 Å². The van der Waals surface area contributed by atoms with Crippen LogP contribution < -0.4 is 4.90 Å². The van der Waals surface area contributed by atoms with E-state index in [4.69, 9.17) is 5.11 Å². The number of anilines is 1. The molecule has 0 aliphatic heterocycles. The zero-order valence-corrected chi connectivity index (χ0v) is 10.1. The molecule has 0 radical (unpaired) electrons. The van der Waals surface area contributed by atoms with Gasteiger partial charge in [-0.05, 0) is 13.3 Å². The molecule has 0 aliphatic rings. The molecule has 0 aromatic heterocycles. The molecule has 7 heteroatoms. The summed E-state index contributed by atoms with van der Waals surface area (Å²) in [5, 5.41) is 19.5. The van der Waals surface area contributed by atoms with E-state index in [9.17, 15) is 18.9 Å². The lowest BCUT2D eigenvalue weighted by atomic mass is 10.2. The first-order valence-corrected chi connectivity index (χ1v) is 5.35. The van der Waals surface area contributed by atoms with Crippen LogP contribution in [0, 0.1) is 21.7 Å². The molecule has 0 bridgehead atoms. The molecule has 1 unspecified atom stereocenters. The SMILES string of the molecule is CC(O)CCN(C)c1c(F)cc([N+](=O)[O-])cc1F. The van der Waals surface area contributed by atoms with E-state index in [2.05, 4.69) is 0 Å². The number of rotatable bonds is 5. The highest BCUT2D eigenvalue weighted by molar-refractivity contribution is 5.53. The van der Waals surface area contributed by atoms with E-state index < -0.39 is 28.3 Å². The summed E-state index contributed by atoms with van der Waals surface area (Å²) >= 11 is 0. The zero-order valence-electron chi connectivity index (χ0n) is 10.1. The predicted molar refractivity (Wildman–Crippen MR) is 62.6 cm³/mol. The van der Waals surface area contributed by atoms with Crippen LogP contribution in [0.25, 0.3) is 0 Å². The third-order valence-corrected chi connectivity index (χ3v) is 2.48. The van der Waals surface area contributed by atoms with Crippen molar-refractivity contribution in [3.05, 3.63) is 33.9 Å². The molecule has 1 atom stereocenters. The van der Waals surface area contributed by atoms with E-state index in [1.54, 1.807) is 6.92 Å². The number of aliphatic hydroxyl groups is 1. The number of aliphatic hydroxyl groups excluding tert-OH is 1. The van der Waals surface area contributed by atoms with Gasteiger partial charge in [0, 0.05) is 13.6 Å². The molecule has 1 aromatic rings. The Morgan fingerprint density at radius 3 is 2.33 bits per heavy atom. The molecule has 0 aliphatic carbocycles. The Balaban J connectivity index is 2.99. The molecule has 0 fully saturated rings. The number of halogens is 2. The van der Waals surface area contributed by atoms with Crippen LogP contribution in [-0.4, -0.2) is 29.7 Å². The molecule has 0 heterocycles. The molecular weight excluding hydrogens is 246 g/mol. The number of hydrogen-bond acceptors (Lipinski definition) is 4. The van der Waals surface area contributed by atoms with Crippen molar-refractivity contribution in [3.8, 4) is 0 Å². The van der Waals surface area contributed by atoms with Gasteiger partial charge >= 0.3 is 0 Å². The van der Waals surface area contributed by atoms with E-state index in [0.29, 0.717) is 18.6 Å². The highest BCUT2D eigenvalue weighted by Crippen LogP contribution is 2.27. The fourth-order valence-corrected chi connectivity index (χ4v) is 1.51. The molecular formula is C11H14F2N2O3. The van der Waals surface area contributed by atoms with E-state index in [1.807, 2.05) is 0 Å². The summed E-state index contributed by atoms with van der Waals surface area (Å²) in [7, 11) is 1.45. The summed E-state index contributed by atoms with van der Waals surface area (Å²) in [4.78, 5) is 10.9. The minimum absolute atomic E-state index is 0.239. The maximum Gasteiger partial charge on any atom is 0.275 e. The van der Waals surface area contributed by atoms with Gasteiger partial charge in [-0.1, -0.05) is 0 Å². The number of non-ortho nitro benzene ring substituents is 1. The fourth-order valence-electron chi connectivity index (χ4n) is 1.51. The quantitative estimate of drug-likeness (QED) is 0.650. The monoisotopic (exact) mass is 260 g/mol. The van der Waals surface area contributed by atoms with Crippen molar-refractivity contribution >= 4 is 11.4 Å². The third kappa shape index (κ3) is 3.36. The van der Waals surface area contributed by atoms with Gasteiger partial charge in [0.25, 0.3) is 5.69 Å². The second-order valence-electron chi connectivity index (χ2n) is 4.07. The minimum Gasteiger partial charge on any atom is -0.393 e. The van der Waals surface area contributed by atoms with Crippen molar-refractivity contribution in [2.75, 3.05) is 18.5 Å². The Morgan fingerprint density at radius 1 is 1.44 bits per heavy atom. The first kappa shape index (κ1) is 14.3. The van der Waals surface area contributed by atoms with Gasteiger partial charge in [0.05, 0.1) is 23.2 Å². The average molecular weight is 260 g/mol. The smallest absolute Gasteiger partial charge is 0.275 e. The van der Waals surface area contributed by atoms with Gasteiger partial charge in [-0.15, -0.1) is 0 Å². The van der Waals surface area contributed by atoms with Gasteiger partial charge in [0.15, 0.2) is 11.6 Å². The minimum atomic E-state index is -0.991. The van der Waals surface area contributed by atoms with Crippen molar-refractivity contribution in [2.24, 2.45) is 0 Å². The lowest BCUT2D eigenvalue weighted by Crippen LogP contribution is -2.24. The lowest BCUT2D eigenvalue weighted by Gasteiger charge is -2.21. The molecule has 5 nitrogen and oxygen atoms in total. The number of nitrogens with zero attached hydrogens (tertiary/aromatic N) is 2. The highest BCUT2D eigenvalue weighted by atomic mass is 19.1. The Hall–Kier alpha value is -1.76. The Morgan fingerprint density at radius 2 is 1.94 bits per heavy atom. The molecule has 0 amide bonds. The van der Waals surface area contributed by atoms with Crippen LogP contribution in [0.5, 0.6) is 0 Å². The summed E-state index contributed by atoms with van der Waals surface area (Å²) in [6.07, 6.45) is -0.247. The van der Waals surface area contributed by atoms with Crippen molar-refractivity contribution in [1.29, 1.82) is 0 Å². The van der Waals surface area contributed by atoms with Crippen LogP contribution in [0.3, 0.4) is 0 Å². The normalized spacial score (nSPS) is 12.3. The molecule has 1 aromatic carbocycles. The molecule has 1 N–H and O–H groups in total.